The third kappa shape index (κ3) is 6.44. The molecule has 0 spiro atoms. The molecule has 0 aliphatic carbocycles. The third-order valence-corrected chi connectivity index (χ3v) is 7.61. The van der Waals surface area contributed by atoms with Crippen molar-refractivity contribution in [2.75, 3.05) is 24.9 Å². The average molecular weight is 609 g/mol. The van der Waals surface area contributed by atoms with Crippen LogP contribution >= 0.6 is 12.4 Å². The molecule has 2 N–H and O–H groups in total. The van der Waals surface area contributed by atoms with E-state index >= 15 is 0 Å². The van der Waals surface area contributed by atoms with E-state index in [1.807, 2.05) is 13.8 Å². The highest BCUT2D eigenvalue weighted by Gasteiger charge is 2.36. The van der Waals surface area contributed by atoms with Gasteiger partial charge in [-0.15, -0.1) is 12.4 Å². The first-order valence-electron chi connectivity index (χ1n) is 13.3. The lowest BCUT2D eigenvalue weighted by Gasteiger charge is -2.25. The van der Waals surface area contributed by atoms with Crippen LogP contribution in [0.15, 0.2) is 73.1 Å². The highest BCUT2D eigenvalue weighted by molar-refractivity contribution is 5.90. The van der Waals surface area contributed by atoms with Crippen molar-refractivity contribution in [1.82, 2.24) is 9.97 Å². The molecule has 0 saturated carbocycles. The number of methoxy groups -OCH3 is 2. The van der Waals surface area contributed by atoms with Crippen molar-refractivity contribution in [3.8, 4) is 0 Å². The highest BCUT2D eigenvalue weighted by Crippen LogP contribution is 2.39. The van der Waals surface area contributed by atoms with Crippen LogP contribution in [-0.4, -0.2) is 36.1 Å². The smallest absolute Gasteiger partial charge is 0.339 e. The van der Waals surface area contributed by atoms with Gasteiger partial charge in [-0.3, -0.25) is 0 Å². The molecule has 4 aromatic rings. The number of ether oxygens (including phenoxy) is 2. The normalized spacial score (nSPS) is 19.3. The molecule has 0 amide bonds. The number of benzene rings is 2. The van der Waals surface area contributed by atoms with E-state index in [0.717, 1.165) is 33.9 Å². The summed E-state index contributed by atoms with van der Waals surface area (Å²) in [6, 6.07) is 16.4. The van der Waals surface area contributed by atoms with Crippen LogP contribution in [0.3, 0.4) is 0 Å². The molecule has 2 aliphatic heterocycles. The number of rotatable bonds is 4. The maximum Gasteiger partial charge on any atom is 0.339 e. The number of anilines is 2. The number of carbonyl (C=O) groups excluding carboxylic acids is 2. The van der Waals surface area contributed by atoms with Crippen molar-refractivity contribution >= 4 is 36.0 Å². The summed E-state index contributed by atoms with van der Waals surface area (Å²) in [7, 11) is 2.69. The van der Waals surface area contributed by atoms with Crippen molar-refractivity contribution in [1.29, 1.82) is 0 Å². The number of carbonyl (C=O) groups is 2. The Labute approximate surface area is 254 Å². The molecule has 2 aromatic carbocycles. The van der Waals surface area contributed by atoms with Gasteiger partial charge in [0.2, 0.25) is 0 Å². The van der Waals surface area contributed by atoms with Gasteiger partial charge in [0, 0.05) is 25.2 Å². The van der Waals surface area contributed by atoms with E-state index in [2.05, 4.69) is 20.6 Å². The van der Waals surface area contributed by atoms with E-state index in [0.29, 0.717) is 24.0 Å². The minimum Gasteiger partial charge on any atom is -0.465 e. The number of nitrogens with zero attached hydrogens (tertiary/aromatic N) is 2. The Morgan fingerprint density at radius 1 is 0.698 bits per heavy atom. The monoisotopic (exact) mass is 608 g/mol. The molecule has 0 bridgehead atoms. The number of pyridine rings is 2. The quantitative estimate of drug-likeness (QED) is 0.264. The first-order valence-corrected chi connectivity index (χ1v) is 13.3. The van der Waals surface area contributed by atoms with E-state index in [1.165, 1.54) is 50.9 Å². The van der Waals surface area contributed by atoms with Gasteiger partial charge in [-0.25, -0.2) is 28.3 Å². The van der Waals surface area contributed by atoms with Crippen LogP contribution in [0.4, 0.5) is 20.4 Å². The molecule has 8 nitrogen and oxygen atoms in total. The Morgan fingerprint density at radius 3 is 1.37 bits per heavy atom. The van der Waals surface area contributed by atoms with Crippen LogP contribution in [0.25, 0.3) is 0 Å². The summed E-state index contributed by atoms with van der Waals surface area (Å²) in [5.74, 6) is 0.165. The number of halogens is 3. The van der Waals surface area contributed by atoms with Gasteiger partial charge in [-0.2, -0.15) is 0 Å². The SMILES string of the molecule is COC(=O)c1cnc2c(c1)C[C@](C)(c1ccc(F)cc1)N2.COC(=O)c1cnc2c(c1)C[C@](C)(c1ccc(F)cc1)N2.Cl. The highest BCUT2D eigenvalue weighted by atomic mass is 35.5. The average Bonchev–Trinajstić information content (AvgIpc) is 3.53. The number of fused-ring (bicyclic) bond motifs is 2. The number of aromatic nitrogens is 2. The van der Waals surface area contributed by atoms with Crippen LogP contribution < -0.4 is 10.6 Å². The predicted octanol–water partition coefficient (Wildman–Crippen LogP) is 6.20. The predicted molar refractivity (Wildman–Crippen MR) is 161 cm³/mol. The molecule has 43 heavy (non-hydrogen) atoms. The van der Waals surface area contributed by atoms with E-state index in [4.69, 9.17) is 9.47 Å². The fourth-order valence-corrected chi connectivity index (χ4v) is 5.33. The van der Waals surface area contributed by atoms with Gasteiger partial charge in [0.25, 0.3) is 0 Å². The fourth-order valence-electron chi connectivity index (χ4n) is 5.33. The van der Waals surface area contributed by atoms with Crippen molar-refractivity contribution < 1.29 is 27.8 Å². The molecule has 2 aliphatic rings. The lowest BCUT2D eigenvalue weighted by atomic mass is 9.89. The number of nitrogens with one attached hydrogen (secondary N) is 2. The maximum atomic E-state index is 13.1. The van der Waals surface area contributed by atoms with Gasteiger partial charge >= 0.3 is 11.9 Å². The summed E-state index contributed by atoms with van der Waals surface area (Å²) >= 11 is 0. The zero-order chi connectivity index (χ0) is 30.1. The third-order valence-electron chi connectivity index (χ3n) is 7.61. The van der Waals surface area contributed by atoms with E-state index in [1.54, 1.807) is 36.4 Å². The lowest BCUT2D eigenvalue weighted by molar-refractivity contribution is 0.0591. The summed E-state index contributed by atoms with van der Waals surface area (Å²) in [6.45, 7) is 4.06. The second-order valence-corrected chi connectivity index (χ2v) is 10.7. The van der Waals surface area contributed by atoms with E-state index < -0.39 is 11.9 Å². The second-order valence-electron chi connectivity index (χ2n) is 10.7. The molecule has 2 atom stereocenters. The maximum absolute atomic E-state index is 13.1. The molecule has 6 rings (SSSR count). The number of hydrogen-bond acceptors (Lipinski definition) is 8. The topological polar surface area (TPSA) is 102 Å². The zero-order valence-corrected chi connectivity index (χ0v) is 24.9. The van der Waals surface area contributed by atoms with Crippen molar-refractivity contribution in [3.05, 3.63) is 118 Å². The summed E-state index contributed by atoms with van der Waals surface area (Å²) in [6.07, 6.45) is 4.33. The van der Waals surface area contributed by atoms with Crippen LogP contribution in [0.5, 0.6) is 0 Å². The van der Waals surface area contributed by atoms with Gasteiger partial charge in [0.05, 0.1) is 36.4 Å². The van der Waals surface area contributed by atoms with E-state index in [9.17, 15) is 18.4 Å². The summed E-state index contributed by atoms with van der Waals surface area (Å²) in [5.41, 5.74) is 3.98. The van der Waals surface area contributed by atoms with Gasteiger partial charge < -0.3 is 20.1 Å². The minimum absolute atomic E-state index is 0. The molecule has 4 heterocycles. The summed E-state index contributed by atoms with van der Waals surface area (Å²) < 4.78 is 35.5. The largest absolute Gasteiger partial charge is 0.465 e. The van der Waals surface area contributed by atoms with Crippen LogP contribution in [0.1, 0.15) is 56.8 Å². The van der Waals surface area contributed by atoms with Gasteiger partial charge in [0.15, 0.2) is 0 Å². The summed E-state index contributed by atoms with van der Waals surface area (Å²) in [4.78, 5) is 31.7. The molecule has 0 radical (unpaired) electrons. The van der Waals surface area contributed by atoms with Gasteiger partial charge in [0.1, 0.15) is 23.3 Å². The van der Waals surface area contributed by atoms with E-state index in [-0.39, 0.29) is 35.1 Å². The molecule has 0 fully saturated rings. The Kier molecular flexibility index (Phi) is 9.01. The van der Waals surface area contributed by atoms with Crippen molar-refractivity contribution in [2.45, 2.75) is 37.8 Å². The molecule has 0 unspecified atom stereocenters. The van der Waals surface area contributed by atoms with Gasteiger partial charge in [-0.05, 0) is 72.5 Å². The summed E-state index contributed by atoms with van der Waals surface area (Å²) in [5, 5.41) is 6.69. The molecular formula is C32H31ClF2N4O4. The van der Waals surface area contributed by atoms with Crippen LogP contribution in [0, 0.1) is 11.6 Å². The lowest BCUT2D eigenvalue weighted by Crippen LogP contribution is -2.29. The first-order chi connectivity index (χ1) is 20.0. The fraction of sp³-hybridized carbons (Fsp3) is 0.250. The van der Waals surface area contributed by atoms with Gasteiger partial charge in [-0.1, -0.05) is 24.3 Å². The van der Waals surface area contributed by atoms with Crippen LogP contribution in [-0.2, 0) is 33.4 Å². The Balaban J connectivity index is 0.000000192. The second kappa shape index (κ2) is 12.3. The Morgan fingerprint density at radius 2 is 1.05 bits per heavy atom. The molecule has 224 valence electrons. The molecule has 11 heteroatoms. The zero-order valence-electron chi connectivity index (χ0n) is 24.0. The number of hydrogen-bond donors (Lipinski definition) is 2. The van der Waals surface area contributed by atoms with Crippen molar-refractivity contribution in [2.24, 2.45) is 0 Å². The van der Waals surface area contributed by atoms with Crippen molar-refractivity contribution in [3.63, 3.8) is 0 Å². The molecule has 0 saturated heterocycles. The Hall–Kier alpha value is -4.57. The standard InChI is InChI=1S/2C16H15FN2O2.ClH/c2*1-16(12-3-5-13(17)6-4-12)8-10-7-11(15(20)21-2)9-18-14(10)19-16;/h2*3-7,9H,8H2,1-2H3,(H,18,19);1H/t2*16-;/m11./s1. The Bertz CT molecular complexity index is 1530. The molecule has 2 aromatic heterocycles. The number of esters is 2. The minimum atomic E-state index is -0.402. The molecular weight excluding hydrogens is 578 g/mol. The first kappa shape index (κ1) is 31.4. The van der Waals surface area contributed by atoms with Crippen LogP contribution in [0.2, 0.25) is 0 Å².